The fraction of sp³-hybridized carbons (Fsp3) is 0.312. The standard InChI is InChI=1S/C32H30ClF3N10O5/c1-4-22-26(43-9-11-44(12-10-43)29(50)25-27(49)17(2)37-16-38-25)30(51)46-31(40-28(41-46)18-7-8-42(3)24(48)13-18)45(22)15-23(47)39-21-6-5-19(14-20(21)33)32(34,35)36/h5-8,13-14,16,49H,4,9-12,15H2,1-3H3,(H,39,47). The van der Waals surface area contributed by atoms with E-state index in [9.17, 15) is 37.5 Å². The second-order valence-corrected chi connectivity index (χ2v) is 12.1. The molecule has 266 valence electrons. The molecular weight excluding hydrogens is 697 g/mol. The summed E-state index contributed by atoms with van der Waals surface area (Å²) in [5.74, 6) is -1.49. The summed E-state index contributed by atoms with van der Waals surface area (Å²) in [6.45, 7) is 3.56. The summed E-state index contributed by atoms with van der Waals surface area (Å²) in [4.78, 5) is 68.9. The Bertz CT molecular complexity index is 2310. The quantitative estimate of drug-likeness (QED) is 0.254. The molecule has 1 aromatic carbocycles. The molecule has 0 spiro atoms. The number of nitrogens with one attached hydrogen (secondary N) is 1. The number of aromatic nitrogens is 7. The van der Waals surface area contributed by atoms with Crippen LogP contribution >= 0.6 is 11.6 Å². The lowest BCUT2D eigenvalue weighted by atomic mass is 10.2. The third-order valence-corrected chi connectivity index (χ3v) is 8.80. The van der Waals surface area contributed by atoms with Gasteiger partial charge in [0.25, 0.3) is 17.0 Å². The third kappa shape index (κ3) is 6.73. The van der Waals surface area contributed by atoms with Crippen LogP contribution in [0, 0.1) is 6.92 Å². The van der Waals surface area contributed by atoms with E-state index >= 15 is 0 Å². The maximum atomic E-state index is 14.2. The molecule has 19 heteroatoms. The summed E-state index contributed by atoms with van der Waals surface area (Å²) in [7, 11) is 1.57. The number of fused-ring (bicyclic) bond motifs is 1. The fourth-order valence-electron chi connectivity index (χ4n) is 5.77. The highest BCUT2D eigenvalue weighted by molar-refractivity contribution is 6.33. The number of aryl methyl sites for hydroxylation is 2. The number of benzene rings is 1. The maximum Gasteiger partial charge on any atom is 0.416 e. The number of nitrogens with zero attached hydrogens (tertiary/aromatic N) is 9. The van der Waals surface area contributed by atoms with Crippen molar-refractivity contribution in [1.82, 2.24) is 38.6 Å². The van der Waals surface area contributed by atoms with Crippen LogP contribution in [0.25, 0.3) is 17.2 Å². The molecule has 2 N–H and O–H groups in total. The van der Waals surface area contributed by atoms with Gasteiger partial charge in [-0.15, -0.1) is 5.10 Å². The van der Waals surface area contributed by atoms with Gasteiger partial charge in [0.05, 0.1) is 27.7 Å². The number of anilines is 2. The normalized spacial score (nSPS) is 13.5. The number of alkyl halides is 3. The Hall–Kier alpha value is -5.78. The number of hydrogen-bond acceptors (Lipinski definition) is 10. The van der Waals surface area contributed by atoms with Gasteiger partial charge in [0.2, 0.25) is 11.7 Å². The molecule has 1 aliphatic rings. The Morgan fingerprint density at radius 2 is 1.78 bits per heavy atom. The minimum atomic E-state index is -4.63. The second kappa shape index (κ2) is 13.5. The first-order chi connectivity index (χ1) is 24.2. The third-order valence-electron chi connectivity index (χ3n) is 8.49. The largest absolute Gasteiger partial charge is 0.504 e. The molecule has 1 saturated heterocycles. The molecule has 0 atom stereocenters. The van der Waals surface area contributed by atoms with Crippen molar-refractivity contribution in [3.63, 3.8) is 0 Å². The summed E-state index contributed by atoms with van der Waals surface area (Å²) in [5, 5.41) is 17.0. The lowest BCUT2D eigenvalue weighted by Crippen LogP contribution is -2.51. The highest BCUT2D eigenvalue weighted by Crippen LogP contribution is 2.34. The molecule has 5 heterocycles. The Morgan fingerprint density at radius 1 is 1.06 bits per heavy atom. The van der Waals surface area contributed by atoms with E-state index in [1.54, 1.807) is 31.9 Å². The maximum absolute atomic E-state index is 14.2. The lowest BCUT2D eigenvalue weighted by Gasteiger charge is -2.36. The number of piperazine rings is 1. The van der Waals surface area contributed by atoms with E-state index in [4.69, 9.17) is 11.6 Å². The van der Waals surface area contributed by atoms with Gasteiger partial charge in [0.15, 0.2) is 17.3 Å². The Kier molecular flexibility index (Phi) is 9.28. The zero-order chi connectivity index (χ0) is 36.8. The Balaban J connectivity index is 1.38. The molecule has 6 rings (SSSR count). The van der Waals surface area contributed by atoms with E-state index in [1.807, 2.05) is 0 Å². The van der Waals surface area contributed by atoms with Crippen LogP contribution in [0.4, 0.5) is 24.5 Å². The minimum Gasteiger partial charge on any atom is -0.504 e. The molecule has 1 aliphatic heterocycles. The van der Waals surface area contributed by atoms with Gasteiger partial charge >= 0.3 is 6.18 Å². The van der Waals surface area contributed by atoms with Gasteiger partial charge in [-0.2, -0.15) is 22.7 Å². The van der Waals surface area contributed by atoms with E-state index in [0.717, 1.165) is 16.6 Å². The van der Waals surface area contributed by atoms with Gasteiger partial charge in [-0.1, -0.05) is 18.5 Å². The van der Waals surface area contributed by atoms with Gasteiger partial charge in [-0.3, -0.25) is 19.2 Å². The van der Waals surface area contributed by atoms with Gasteiger partial charge in [-0.25, -0.2) is 9.97 Å². The molecular formula is C32H30ClF3N10O5. The zero-order valence-corrected chi connectivity index (χ0v) is 28.2. The molecule has 0 unspecified atom stereocenters. The molecule has 0 bridgehead atoms. The number of carbonyl (C=O) groups is 2. The van der Waals surface area contributed by atoms with E-state index in [-0.39, 0.29) is 83.3 Å². The fourth-order valence-corrected chi connectivity index (χ4v) is 6.00. The minimum absolute atomic E-state index is 0.0200. The molecule has 0 aliphatic carbocycles. The van der Waals surface area contributed by atoms with Crippen LogP contribution in [0.2, 0.25) is 5.02 Å². The van der Waals surface area contributed by atoms with Crippen molar-refractivity contribution in [1.29, 1.82) is 0 Å². The molecule has 51 heavy (non-hydrogen) atoms. The van der Waals surface area contributed by atoms with Gasteiger partial charge in [0.1, 0.15) is 18.6 Å². The van der Waals surface area contributed by atoms with Crippen LogP contribution in [0.5, 0.6) is 5.75 Å². The first-order valence-corrected chi connectivity index (χ1v) is 16.0. The molecule has 1 fully saturated rings. The zero-order valence-electron chi connectivity index (χ0n) is 27.4. The van der Waals surface area contributed by atoms with Crippen LogP contribution < -0.4 is 21.3 Å². The number of pyridine rings is 1. The summed E-state index contributed by atoms with van der Waals surface area (Å²) < 4.78 is 43.4. The average molecular weight is 727 g/mol. The smallest absolute Gasteiger partial charge is 0.416 e. The number of carbonyl (C=O) groups excluding carboxylic acids is 2. The number of aromatic hydroxyl groups is 1. The van der Waals surface area contributed by atoms with Crippen molar-refractivity contribution in [2.24, 2.45) is 7.05 Å². The summed E-state index contributed by atoms with van der Waals surface area (Å²) in [6.07, 6.45) is -1.70. The van der Waals surface area contributed by atoms with Crippen LogP contribution in [0.3, 0.4) is 0 Å². The van der Waals surface area contributed by atoms with E-state index < -0.39 is 35.7 Å². The van der Waals surface area contributed by atoms with E-state index in [0.29, 0.717) is 17.3 Å². The highest BCUT2D eigenvalue weighted by atomic mass is 35.5. The van der Waals surface area contributed by atoms with Gasteiger partial charge in [-0.05, 0) is 37.6 Å². The second-order valence-electron chi connectivity index (χ2n) is 11.7. The number of hydrogen-bond donors (Lipinski definition) is 2. The topological polar surface area (TPSA) is 173 Å². The Labute approximate surface area is 291 Å². The van der Waals surface area contributed by atoms with Crippen LogP contribution in [0.1, 0.15) is 34.4 Å². The SMILES string of the molecule is CCc1c(N2CCN(C(=O)c3ncnc(C)c3O)CC2)c(=O)n2nc(-c3ccn(C)c(=O)c3)nc2n1CC(=O)Nc1ccc(C(F)(F)F)cc1Cl. The molecule has 2 amide bonds. The lowest BCUT2D eigenvalue weighted by molar-refractivity contribution is -0.137. The molecule has 15 nitrogen and oxygen atoms in total. The van der Waals surface area contributed by atoms with Crippen molar-refractivity contribution < 1.29 is 27.9 Å². The summed E-state index contributed by atoms with van der Waals surface area (Å²) in [6, 6.07) is 5.44. The van der Waals surface area contributed by atoms with Crippen molar-refractivity contribution in [3.05, 3.63) is 91.2 Å². The first-order valence-electron chi connectivity index (χ1n) is 15.6. The molecule has 5 aromatic rings. The van der Waals surface area contributed by atoms with Crippen LogP contribution in [-0.2, 0) is 31.0 Å². The van der Waals surface area contributed by atoms with Crippen LogP contribution in [-0.4, -0.2) is 81.7 Å². The highest BCUT2D eigenvalue weighted by Gasteiger charge is 2.32. The molecule has 0 saturated carbocycles. The average Bonchev–Trinajstić information content (AvgIpc) is 3.55. The van der Waals surface area contributed by atoms with Crippen molar-refractivity contribution in [2.45, 2.75) is 33.0 Å². The Morgan fingerprint density at radius 3 is 2.43 bits per heavy atom. The molecule has 4 aromatic heterocycles. The van der Waals surface area contributed by atoms with E-state index in [2.05, 4.69) is 25.4 Å². The van der Waals surface area contributed by atoms with Gasteiger partial charge < -0.3 is 29.4 Å². The number of halogens is 4. The van der Waals surface area contributed by atoms with Crippen molar-refractivity contribution >= 4 is 40.6 Å². The van der Waals surface area contributed by atoms with Crippen molar-refractivity contribution in [3.8, 4) is 17.1 Å². The number of amides is 2. The van der Waals surface area contributed by atoms with E-state index in [1.165, 1.54) is 32.6 Å². The summed E-state index contributed by atoms with van der Waals surface area (Å²) >= 11 is 6.10. The summed E-state index contributed by atoms with van der Waals surface area (Å²) in [5.41, 5.74) is -0.922. The predicted octanol–water partition coefficient (Wildman–Crippen LogP) is 2.90. The molecule has 0 radical (unpaired) electrons. The van der Waals surface area contributed by atoms with Gasteiger partial charge in [0, 0.05) is 51.1 Å². The predicted molar refractivity (Wildman–Crippen MR) is 179 cm³/mol. The van der Waals surface area contributed by atoms with Crippen molar-refractivity contribution in [2.75, 3.05) is 36.4 Å². The number of rotatable bonds is 7. The first kappa shape index (κ1) is 35.1. The monoisotopic (exact) mass is 726 g/mol. The van der Waals surface area contributed by atoms with Crippen LogP contribution in [0.15, 0.2) is 52.4 Å².